The predicted octanol–water partition coefficient (Wildman–Crippen LogP) is 28.2. The third-order valence-electron chi connectivity index (χ3n) is 27.0. The lowest BCUT2D eigenvalue weighted by atomic mass is 9.77. The predicted molar refractivity (Wildman–Crippen MR) is 516 cm³/mol. The molecule has 0 saturated carbocycles. The molecule has 123 heavy (non-hydrogen) atoms. The van der Waals surface area contributed by atoms with Crippen LogP contribution < -0.4 is 30.7 Å². The first-order chi connectivity index (χ1) is 60.8. The van der Waals surface area contributed by atoms with E-state index in [-0.39, 0.29) is 11.8 Å². The summed E-state index contributed by atoms with van der Waals surface area (Å²) in [6.07, 6.45) is 11.6. The summed E-state index contributed by atoms with van der Waals surface area (Å²) in [6.45, 7) is 5.87. The number of anilines is 2. The van der Waals surface area contributed by atoms with E-state index in [1.165, 1.54) is 125 Å². The van der Waals surface area contributed by atoms with E-state index in [1.807, 2.05) is 18.3 Å². The van der Waals surface area contributed by atoms with Crippen LogP contribution in [0.15, 0.2) is 371 Å². The zero-order chi connectivity index (χ0) is 80.8. The molecule has 26 rings (SSSR count). The Morgan fingerprint density at radius 2 is 0.854 bits per heavy atom. The van der Waals surface area contributed by atoms with Gasteiger partial charge in [-0.05, 0) is 229 Å². The Kier molecular flexibility index (Phi) is 15.2. The van der Waals surface area contributed by atoms with Crippen molar-refractivity contribution in [3.05, 3.63) is 401 Å². The van der Waals surface area contributed by atoms with Gasteiger partial charge in [-0.2, -0.15) is 0 Å². The summed E-state index contributed by atoms with van der Waals surface area (Å²) >= 11 is 0. The number of aromatic nitrogens is 1. The highest BCUT2D eigenvalue weighted by atomic mass is 16.3. The van der Waals surface area contributed by atoms with Crippen molar-refractivity contribution in [1.82, 2.24) is 4.98 Å². The van der Waals surface area contributed by atoms with Crippen molar-refractivity contribution in [2.75, 3.05) is 22.9 Å². The molecule has 0 amide bonds. The minimum atomic E-state index is -0.324. The Morgan fingerprint density at radius 1 is 0.301 bits per heavy atom. The minimum Gasteiger partial charge on any atom is -0.456 e. The van der Waals surface area contributed by atoms with Crippen LogP contribution in [0.2, 0.25) is 0 Å². The van der Waals surface area contributed by atoms with Crippen LogP contribution in [0, 0.1) is 0 Å². The van der Waals surface area contributed by atoms with Crippen molar-refractivity contribution in [2.24, 2.45) is 0 Å². The van der Waals surface area contributed by atoms with E-state index in [4.69, 9.17) is 18.2 Å². The molecule has 0 aliphatic carbocycles. The van der Waals surface area contributed by atoms with Gasteiger partial charge < -0.3 is 23.1 Å². The summed E-state index contributed by atoms with van der Waals surface area (Å²) in [6, 6.07) is 130. The van der Waals surface area contributed by atoms with Crippen LogP contribution >= 0.6 is 0 Å². The van der Waals surface area contributed by atoms with Crippen molar-refractivity contribution in [3.8, 4) is 55.8 Å². The molecule has 0 radical (unpaired) electrons. The zero-order valence-electron chi connectivity index (χ0n) is 67.5. The molecular weight excluding hydrogens is 1500 g/mol. The van der Waals surface area contributed by atoms with Gasteiger partial charge in [-0.25, -0.2) is 0 Å². The monoisotopic (exact) mass is 1570 g/mol. The fourth-order valence-electron chi connectivity index (χ4n) is 21.2. The molecule has 4 aromatic heterocycles. The summed E-state index contributed by atoms with van der Waals surface area (Å²) in [5.41, 5.74) is 22.9. The van der Waals surface area contributed by atoms with Crippen molar-refractivity contribution in [1.29, 1.82) is 0 Å². The van der Waals surface area contributed by atoms with Crippen molar-refractivity contribution in [3.63, 3.8) is 0 Å². The Labute approximate surface area is 706 Å². The number of pyridine rings is 1. The van der Waals surface area contributed by atoms with Crippen molar-refractivity contribution < 1.29 is 13.3 Å². The first kappa shape index (κ1) is 69.3. The van der Waals surface area contributed by atoms with Gasteiger partial charge in [-0.1, -0.05) is 311 Å². The topological polar surface area (TPSA) is 58.8 Å². The van der Waals surface area contributed by atoms with Crippen LogP contribution in [0.4, 0.5) is 11.4 Å². The molecule has 576 valence electrons. The average molecular weight is 1570 g/mol. The molecule has 2 aliphatic rings. The molecule has 0 fully saturated rings. The lowest BCUT2D eigenvalue weighted by Gasteiger charge is -2.26. The number of hydrogen-bond acceptors (Lipinski definition) is 6. The largest absolute Gasteiger partial charge is 0.456 e. The van der Waals surface area contributed by atoms with Crippen molar-refractivity contribution >= 4 is 188 Å². The summed E-state index contributed by atoms with van der Waals surface area (Å²) < 4.78 is 22.3. The molecule has 24 aromatic rings. The molecule has 1 atom stereocenters. The number of nitrogens with zero attached hydrogens (tertiary/aromatic N) is 3. The number of benzene rings is 19. The Balaban J connectivity index is 0.736. The van der Waals surface area contributed by atoms with Crippen LogP contribution in [-0.4, -0.2) is 18.1 Å². The Hall–Kier alpha value is -15.6. The second kappa shape index (κ2) is 26.9. The minimum absolute atomic E-state index is 0.271. The Morgan fingerprint density at radius 3 is 1.63 bits per heavy atom. The fourth-order valence-corrected chi connectivity index (χ4v) is 21.2. The highest BCUT2D eigenvalue weighted by Crippen LogP contribution is 2.54. The van der Waals surface area contributed by atoms with Gasteiger partial charge in [0, 0.05) is 98.4 Å². The van der Waals surface area contributed by atoms with Crippen LogP contribution in [0.3, 0.4) is 0 Å². The van der Waals surface area contributed by atoms with E-state index in [2.05, 4.69) is 388 Å². The van der Waals surface area contributed by atoms with Gasteiger partial charge in [0.1, 0.15) is 27.9 Å². The maximum absolute atomic E-state index is 8.12. The summed E-state index contributed by atoms with van der Waals surface area (Å²) in [5.74, 6) is -0.0524. The van der Waals surface area contributed by atoms with Crippen LogP contribution in [0.1, 0.15) is 47.9 Å². The van der Waals surface area contributed by atoms with E-state index in [9.17, 15) is 0 Å². The highest BCUT2D eigenvalue weighted by molar-refractivity contribution is 6.38. The van der Waals surface area contributed by atoms with Gasteiger partial charge in [-0.15, -0.1) is 0 Å². The maximum Gasteiger partial charge on any atom is 0.159 e. The molecule has 6 heterocycles. The summed E-state index contributed by atoms with van der Waals surface area (Å²) in [4.78, 5) is 10.2. The summed E-state index contributed by atoms with van der Waals surface area (Å²) in [5, 5.41) is 30.1. The SMILES string of the molecule is CC(C)c1cccc(C(c2c3ccccc3c(-c3ccccc3)c3ccccc23)c2ccc3c4cc(N5C=c6ccc7ccc(-c8ccccc8)cc7c6=CC5)cc5oc6c(N7C=c8ccc9c(-c%10cccc%11c%10ccc%10ccccc%10%11)cccc9c8=CC7)ccc(c7cc(-c8ccc(-c9ccc%10oc%11ccccc%11c%10c9)nc8)cc8oc2c3c87)c6c54)c1. The van der Waals surface area contributed by atoms with Gasteiger partial charge in [0.25, 0.3) is 0 Å². The fraction of sp³-hybridized carbons (Fsp3) is 0.0513. The third-order valence-corrected chi connectivity index (χ3v) is 27.0. The first-order valence-corrected chi connectivity index (χ1v) is 42.8. The Bertz CT molecular complexity index is 8880. The zero-order valence-corrected chi connectivity index (χ0v) is 67.5. The lowest BCUT2D eigenvalue weighted by Crippen LogP contribution is -2.36. The van der Waals surface area contributed by atoms with E-state index >= 15 is 0 Å². The van der Waals surface area contributed by atoms with E-state index in [0.29, 0.717) is 13.1 Å². The molecule has 0 bridgehead atoms. The smallest absolute Gasteiger partial charge is 0.159 e. The van der Waals surface area contributed by atoms with Gasteiger partial charge in [0.2, 0.25) is 0 Å². The molecule has 6 nitrogen and oxygen atoms in total. The molecule has 2 aliphatic heterocycles. The molecular formula is C117H75N3O3. The lowest BCUT2D eigenvalue weighted by molar-refractivity contribution is 0.662. The van der Waals surface area contributed by atoms with Gasteiger partial charge >= 0.3 is 0 Å². The van der Waals surface area contributed by atoms with Crippen LogP contribution in [0.5, 0.6) is 0 Å². The molecule has 0 spiro atoms. The van der Waals surface area contributed by atoms with E-state index in [1.54, 1.807) is 0 Å². The van der Waals surface area contributed by atoms with Crippen LogP contribution in [0.25, 0.3) is 232 Å². The molecule has 1 unspecified atom stereocenters. The molecule has 0 N–H and O–H groups in total. The average Bonchev–Trinajstić information content (AvgIpc) is 1.47. The quantitative estimate of drug-likeness (QED) is 0.0731. The highest BCUT2D eigenvalue weighted by Gasteiger charge is 2.32. The number of furan rings is 3. The normalized spacial score (nSPS) is 13.3. The van der Waals surface area contributed by atoms with Crippen molar-refractivity contribution in [2.45, 2.75) is 25.7 Å². The first-order valence-electron chi connectivity index (χ1n) is 42.8. The van der Waals surface area contributed by atoms with E-state index in [0.717, 1.165) is 137 Å². The standard InChI is InChI=1S/C117H75N3O3/c1-68(2)73-25-17-26-76(58-73)110(111-94-31-13-11-29-92(94)109(72-23-7-4-8-24-72)93-30-12-14-32-95(93)111)98-49-48-96-102-63-81(119-56-54-84-78(66-119)41-39-71-38-40-74(59-99(71)84)69-20-5-3-6-21-69)64-108-113(102)115-97(101-61-80(62-107-112(101)114(96)116(98)122-107)77-44-51-103(118-65-77)75-45-53-106-100(60-75)91-28-15-16-37-105(91)121-106)50-52-104(117(115)123-108)120-57-55-83-79(67-120)43-47-90-86(83)34-19-36-88(90)87-35-18-33-85-82-27-10-9-22-70(82)42-46-89(85)87/h3-55,58-68,110H,56-57H2,1-2H3. The molecule has 20 aromatic carbocycles. The number of para-hydroxylation sites is 1. The number of rotatable bonds is 11. The molecule has 0 saturated heterocycles. The van der Waals surface area contributed by atoms with Gasteiger partial charge in [0.05, 0.1) is 11.4 Å². The van der Waals surface area contributed by atoms with Gasteiger partial charge in [0.15, 0.2) is 5.58 Å². The van der Waals surface area contributed by atoms with E-state index < -0.39 is 0 Å². The second-order valence-electron chi connectivity index (χ2n) is 34.0. The molecule has 6 heteroatoms. The van der Waals surface area contributed by atoms with Gasteiger partial charge in [-0.3, -0.25) is 4.98 Å². The van der Waals surface area contributed by atoms with Crippen LogP contribution in [-0.2, 0) is 0 Å². The number of fused-ring (bicyclic) bond motifs is 16. The second-order valence-corrected chi connectivity index (χ2v) is 34.0. The third kappa shape index (κ3) is 10.7. The number of hydrogen-bond donors (Lipinski definition) is 0. The maximum atomic E-state index is 8.12. The summed E-state index contributed by atoms with van der Waals surface area (Å²) in [7, 11) is 0.